The van der Waals surface area contributed by atoms with Gasteiger partial charge in [0.25, 0.3) is 10.1 Å². The fourth-order valence-electron chi connectivity index (χ4n) is 0.805. The van der Waals surface area contributed by atoms with Gasteiger partial charge in [-0.1, -0.05) is 0 Å². The zero-order valence-electron chi connectivity index (χ0n) is 8.48. The molecule has 1 N–H and O–H groups in total. The number of hydrogen-bond acceptors (Lipinski definition) is 4. The highest BCUT2D eigenvalue weighted by Gasteiger charge is 2.22. The van der Waals surface area contributed by atoms with Crippen molar-refractivity contribution in [2.75, 3.05) is 19.5 Å². The van der Waals surface area contributed by atoms with Crippen molar-refractivity contribution in [2.24, 2.45) is 11.8 Å². The summed E-state index contributed by atoms with van der Waals surface area (Å²) in [4.78, 5) is 0. The van der Waals surface area contributed by atoms with Crippen LogP contribution in [-0.4, -0.2) is 33.0 Å². The fraction of sp³-hybridized carbons (Fsp3) is 1.00. The highest BCUT2D eigenvalue weighted by atomic mass is 32.2. The van der Waals surface area contributed by atoms with Gasteiger partial charge in [0.1, 0.15) is 0 Å². The van der Waals surface area contributed by atoms with Crippen LogP contribution in [0.5, 0.6) is 0 Å². The predicted molar refractivity (Wildman–Crippen MR) is 53.3 cm³/mol. The molecule has 0 aromatic rings. The monoisotopic (exact) mass is 222 g/mol. The molecule has 0 saturated heterocycles. The van der Waals surface area contributed by atoms with Gasteiger partial charge < -0.3 is 5.11 Å². The second kappa shape index (κ2) is 5.09. The minimum atomic E-state index is -3.18. The third kappa shape index (κ3) is 7.29. The Morgan fingerprint density at radius 1 is 1.21 bits per heavy atom. The summed E-state index contributed by atoms with van der Waals surface area (Å²) in [5, 5.41) is 8.21. The smallest absolute Gasteiger partial charge is 0.264 e. The minimum absolute atomic E-state index is 0.388. The Balaban J connectivity index is 0.000000165. The summed E-state index contributed by atoms with van der Waals surface area (Å²) >= 11 is 0. The fourth-order valence-corrected chi connectivity index (χ4v) is 1.24. The molecule has 0 amide bonds. The van der Waals surface area contributed by atoms with Crippen molar-refractivity contribution in [1.82, 2.24) is 0 Å². The van der Waals surface area contributed by atoms with Crippen LogP contribution in [-0.2, 0) is 14.3 Å². The van der Waals surface area contributed by atoms with Crippen LogP contribution in [0.15, 0.2) is 0 Å². The van der Waals surface area contributed by atoms with Crippen molar-refractivity contribution >= 4 is 10.1 Å². The van der Waals surface area contributed by atoms with E-state index in [0.717, 1.165) is 19.1 Å². The van der Waals surface area contributed by atoms with Crippen LogP contribution in [0.2, 0.25) is 0 Å². The molecule has 0 unspecified atom stereocenters. The first-order valence-corrected chi connectivity index (χ1v) is 6.78. The SMILES string of the molecule is CS(=O)(=O)OCC1CC1.OCC1CC1. The Morgan fingerprint density at radius 3 is 1.93 bits per heavy atom. The summed E-state index contributed by atoms with van der Waals surface area (Å²) < 4.78 is 25.2. The summed E-state index contributed by atoms with van der Waals surface area (Å²) in [7, 11) is -3.18. The molecule has 0 radical (unpaired) electrons. The van der Waals surface area contributed by atoms with E-state index in [0.29, 0.717) is 25.0 Å². The molecule has 2 fully saturated rings. The van der Waals surface area contributed by atoms with Gasteiger partial charge in [-0.3, -0.25) is 4.18 Å². The van der Waals surface area contributed by atoms with Crippen molar-refractivity contribution in [3.05, 3.63) is 0 Å². The molecule has 2 saturated carbocycles. The Bertz CT molecular complexity index is 252. The Kier molecular flexibility index (Phi) is 4.34. The number of rotatable bonds is 4. The van der Waals surface area contributed by atoms with Crippen LogP contribution < -0.4 is 0 Å². The Hall–Kier alpha value is -0.130. The first-order valence-electron chi connectivity index (χ1n) is 4.96. The maximum absolute atomic E-state index is 10.3. The van der Waals surface area contributed by atoms with Gasteiger partial charge in [0.15, 0.2) is 0 Å². The molecule has 2 aliphatic carbocycles. The third-order valence-electron chi connectivity index (χ3n) is 2.17. The van der Waals surface area contributed by atoms with Gasteiger partial charge in [-0.2, -0.15) is 8.42 Å². The molecule has 0 aliphatic heterocycles. The molecule has 2 rings (SSSR count). The van der Waals surface area contributed by atoms with Gasteiger partial charge >= 0.3 is 0 Å². The van der Waals surface area contributed by atoms with Gasteiger partial charge in [0, 0.05) is 6.61 Å². The van der Waals surface area contributed by atoms with Crippen LogP contribution in [0, 0.1) is 11.8 Å². The number of hydrogen-bond donors (Lipinski definition) is 1. The average molecular weight is 222 g/mol. The molecule has 0 aromatic heterocycles. The highest BCUT2D eigenvalue weighted by Crippen LogP contribution is 2.29. The summed E-state index contributed by atoms with van der Waals surface area (Å²) in [5.41, 5.74) is 0. The van der Waals surface area contributed by atoms with Crippen LogP contribution in [0.25, 0.3) is 0 Å². The molecular formula is C9H18O4S. The normalized spacial score (nSPS) is 21.3. The summed E-state index contributed by atoms with van der Waals surface area (Å²) in [5.74, 6) is 1.20. The van der Waals surface area contributed by atoms with E-state index in [4.69, 9.17) is 5.11 Å². The Morgan fingerprint density at radius 2 is 1.71 bits per heavy atom. The lowest BCUT2D eigenvalue weighted by molar-refractivity contribution is 0.277. The highest BCUT2D eigenvalue weighted by molar-refractivity contribution is 7.85. The molecule has 84 valence electrons. The topological polar surface area (TPSA) is 63.6 Å². The molecule has 5 heteroatoms. The average Bonchev–Trinajstić information content (AvgIpc) is 2.96. The molecule has 0 bridgehead atoms. The zero-order valence-corrected chi connectivity index (χ0v) is 9.29. The van der Waals surface area contributed by atoms with Crippen LogP contribution in [0.3, 0.4) is 0 Å². The predicted octanol–water partition coefficient (Wildman–Crippen LogP) is 0.761. The van der Waals surface area contributed by atoms with E-state index in [-0.39, 0.29) is 0 Å². The largest absolute Gasteiger partial charge is 0.396 e. The molecule has 0 atom stereocenters. The summed E-state index contributed by atoms with van der Waals surface area (Å²) in [6.07, 6.45) is 5.84. The third-order valence-corrected chi connectivity index (χ3v) is 2.73. The minimum Gasteiger partial charge on any atom is -0.396 e. The van der Waals surface area contributed by atoms with Crippen molar-refractivity contribution in [1.29, 1.82) is 0 Å². The number of aliphatic hydroxyl groups is 1. The van der Waals surface area contributed by atoms with E-state index in [1.54, 1.807) is 0 Å². The van der Waals surface area contributed by atoms with Crippen LogP contribution in [0.1, 0.15) is 25.7 Å². The van der Waals surface area contributed by atoms with E-state index in [1.807, 2.05) is 0 Å². The van der Waals surface area contributed by atoms with Gasteiger partial charge in [-0.25, -0.2) is 0 Å². The Labute approximate surface area is 85.4 Å². The second-order valence-electron chi connectivity index (χ2n) is 4.06. The van der Waals surface area contributed by atoms with E-state index in [9.17, 15) is 8.42 Å². The molecular weight excluding hydrogens is 204 g/mol. The van der Waals surface area contributed by atoms with E-state index in [1.165, 1.54) is 12.8 Å². The van der Waals surface area contributed by atoms with Gasteiger partial charge in [0.2, 0.25) is 0 Å². The van der Waals surface area contributed by atoms with E-state index < -0.39 is 10.1 Å². The molecule has 2 aliphatic rings. The molecule has 0 spiro atoms. The quantitative estimate of drug-likeness (QED) is 0.713. The van der Waals surface area contributed by atoms with Crippen molar-refractivity contribution in [3.8, 4) is 0 Å². The first-order chi connectivity index (χ1) is 6.51. The zero-order chi connectivity index (χ0) is 10.6. The van der Waals surface area contributed by atoms with E-state index >= 15 is 0 Å². The molecule has 4 nitrogen and oxygen atoms in total. The lowest BCUT2D eigenvalue weighted by atomic mass is 10.5. The van der Waals surface area contributed by atoms with Crippen molar-refractivity contribution < 1.29 is 17.7 Å². The maximum atomic E-state index is 10.3. The lowest BCUT2D eigenvalue weighted by Gasteiger charge is -1.95. The van der Waals surface area contributed by atoms with Crippen molar-refractivity contribution in [2.45, 2.75) is 25.7 Å². The molecule has 0 heterocycles. The second-order valence-corrected chi connectivity index (χ2v) is 5.70. The number of aliphatic hydroxyl groups excluding tert-OH is 1. The van der Waals surface area contributed by atoms with E-state index in [2.05, 4.69) is 4.18 Å². The van der Waals surface area contributed by atoms with Crippen LogP contribution >= 0.6 is 0 Å². The van der Waals surface area contributed by atoms with Crippen LogP contribution in [0.4, 0.5) is 0 Å². The van der Waals surface area contributed by atoms with Gasteiger partial charge in [0.05, 0.1) is 12.9 Å². The summed E-state index contributed by atoms with van der Waals surface area (Å²) in [6, 6.07) is 0. The lowest BCUT2D eigenvalue weighted by Crippen LogP contribution is -2.04. The maximum Gasteiger partial charge on any atom is 0.264 e. The first kappa shape index (κ1) is 11.9. The van der Waals surface area contributed by atoms with Crippen molar-refractivity contribution in [3.63, 3.8) is 0 Å². The van der Waals surface area contributed by atoms with Gasteiger partial charge in [-0.15, -0.1) is 0 Å². The van der Waals surface area contributed by atoms with Gasteiger partial charge in [-0.05, 0) is 37.5 Å². The summed E-state index contributed by atoms with van der Waals surface area (Å²) in [6.45, 7) is 0.804. The molecule has 0 aromatic carbocycles. The standard InChI is InChI=1S/C5H10O3S.C4H8O/c1-9(6,7)8-4-5-2-3-5;5-3-4-1-2-4/h5H,2-4H2,1H3;4-5H,1-3H2. The molecule has 14 heavy (non-hydrogen) atoms.